The highest BCUT2D eigenvalue weighted by Gasteiger charge is 2.59. The minimum Gasteiger partial charge on any atom is -0.542 e. The second-order valence-corrected chi connectivity index (χ2v) is 7.87. The van der Waals surface area contributed by atoms with E-state index in [4.69, 9.17) is 9.90 Å². The number of hydrogen-bond donors (Lipinski definition) is 1. The topological polar surface area (TPSA) is 91.1 Å². The van der Waals surface area contributed by atoms with Crippen LogP contribution >= 0.6 is 0 Å². The van der Waals surface area contributed by atoms with Crippen molar-refractivity contribution in [3.05, 3.63) is 54.4 Å². The molecule has 0 unspecified atom stereocenters. The Kier molecular flexibility index (Phi) is 5.94. The number of halogens is 4. The normalized spacial score (nSPS) is 24.5. The smallest absolute Gasteiger partial charge is 0.430 e. The number of aromatic nitrogens is 3. The van der Waals surface area contributed by atoms with Crippen molar-refractivity contribution in [3.63, 3.8) is 0 Å². The summed E-state index contributed by atoms with van der Waals surface area (Å²) in [4.78, 5) is 12.8. The Labute approximate surface area is 175 Å². The Bertz CT molecular complexity index is 967. The van der Waals surface area contributed by atoms with E-state index in [0.29, 0.717) is 11.0 Å². The fourth-order valence-electron chi connectivity index (χ4n) is 4.44. The fraction of sp³-hybridized carbons (Fsp3) is 0.450. The van der Waals surface area contributed by atoms with Crippen molar-refractivity contribution in [1.29, 1.82) is 0 Å². The molecule has 1 saturated heterocycles. The molecule has 0 amide bonds. The van der Waals surface area contributed by atoms with E-state index in [1.807, 2.05) is 0 Å². The lowest BCUT2D eigenvalue weighted by Crippen LogP contribution is -2.61. The molecule has 1 aromatic carbocycles. The maximum absolute atomic E-state index is 14.0. The SMILES string of the molecule is C=C1CC[N+]2(CC1)c1cc(F)ccc1[C@@](O)(Cn1cncn1)[C@H]2C.O=C([O-])C(F)(F)F. The van der Waals surface area contributed by atoms with Gasteiger partial charge < -0.3 is 15.0 Å². The third kappa shape index (κ3) is 4.19. The number of hydrogen-bond acceptors (Lipinski definition) is 5. The van der Waals surface area contributed by atoms with E-state index >= 15 is 0 Å². The number of fused-ring (bicyclic) bond motifs is 2. The van der Waals surface area contributed by atoms with Crippen LogP contribution in [0.3, 0.4) is 0 Å². The molecule has 2 atom stereocenters. The lowest BCUT2D eigenvalue weighted by molar-refractivity contribution is -0.344. The summed E-state index contributed by atoms with van der Waals surface area (Å²) in [5.41, 5.74) is 1.84. The van der Waals surface area contributed by atoms with Gasteiger partial charge in [0.25, 0.3) is 0 Å². The number of piperidine rings is 1. The maximum Gasteiger partial charge on any atom is 0.430 e. The Morgan fingerprint density at radius 1 is 1.39 bits per heavy atom. The first-order valence-corrected chi connectivity index (χ1v) is 9.57. The summed E-state index contributed by atoms with van der Waals surface area (Å²) < 4.78 is 47.8. The van der Waals surface area contributed by atoms with Crippen LogP contribution < -0.4 is 9.59 Å². The molecule has 2 aliphatic heterocycles. The Hall–Kier alpha value is -2.79. The number of aliphatic carboxylic acids is 1. The summed E-state index contributed by atoms with van der Waals surface area (Å²) in [7, 11) is 0. The molecule has 1 N–H and O–H groups in total. The van der Waals surface area contributed by atoms with E-state index in [1.165, 1.54) is 18.0 Å². The number of aliphatic hydroxyl groups is 1. The van der Waals surface area contributed by atoms with Crippen molar-refractivity contribution in [1.82, 2.24) is 19.2 Å². The number of carbonyl (C=O) groups is 1. The third-order valence-corrected chi connectivity index (χ3v) is 6.17. The molecule has 2 aromatic rings. The molecule has 1 spiro atoms. The van der Waals surface area contributed by atoms with Crippen LogP contribution in [0.4, 0.5) is 23.2 Å². The molecule has 1 fully saturated rings. The fourth-order valence-corrected chi connectivity index (χ4v) is 4.44. The summed E-state index contributed by atoms with van der Waals surface area (Å²) in [6, 6.07) is 4.67. The summed E-state index contributed by atoms with van der Waals surface area (Å²) >= 11 is 0. The molecule has 168 valence electrons. The highest BCUT2D eigenvalue weighted by Crippen LogP contribution is 2.51. The average molecular weight is 442 g/mol. The highest BCUT2D eigenvalue weighted by atomic mass is 19.4. The molecule has 0 radical (unpaired) electrons. The molecule has 4 rings (SSSR count). The van der Waals surface area contributed by atoms with E-state index < -0.39 is 17.7 Å². The van der Waals surface area contributed by atoms with Gasteiger partial charge in [0, 0.05) is 18.9 Å². The summed E-state index contributed by atoms with van der Waals surface area (Å²) in [5.74, 6) is -3.26. The first-order chi connectivity index (χ1) is 14.4. The summed E-state index contributed by atoms with van der Waals surface area (Å²) in [6.45, 7) is 8.15. The van der Waals surface area contributed by atoms with Gasteiger partial charge in [-0.2, -0.15) is 18.3 Å². The summed E-state index contributed by atoms with van der Waals surface area (Å²) in [5, 5.41) is 24.5. The van der Waals surface area contributed by atoms with Crippen molar-refractivity contribution in [2.45, 2.75) is 44.1 Å². The monoisotopic (exact) mass is 442 g/mol. The lowest BCUT2D eigenvalue weighted by Gasteiger charge is -2.44. The third-order valence-electron chi connectivity index (χ3n) is 6.17. The second-order valence-electron chi connectivity index (χ2n) is 7.87. The highest BCUT2D eigenvalue weighted by molar-refractivity contribution is 5.70. The van der Waals surface area contributed by atoms with Gasteiger partial charge in [-0.15, -0.1) is 0 Å². The summed E-state index contributed by atoms with van der Waals surface area (Å²) in [6.07, 6.45) is -0.322. The van der Waals surface area contributed by atoms with Crippen LogP contribution in [0, 0.1) is 5.82 Å². The van der Waals surface area contributed by atoms with E-state index in [1.54, 1.807) is 23.1 Å². The van der Waals surface area contributed by atoms with E-state index in [9.17, 15) is 22.7 Å². The molecule has 2 aliphatic rings. The number of rotatable bonds is 2. The largest absolute Gasteiger partial charge is 0.542 e. The number of carboxylic acids is 1. The molecular weight excluding hydrogens is 420 g/mol. The minimum atomic E-state index is -5.19. The Morgan fingerprint density at radius 3 is 2.52 bits per heavy atom. The van der Waals surface area contributed by atoms with Crippen LogP contribution in [0.5, 0.6) is 0 Å². The van der Waals surface area contributed by atoms with Gasteiger partial charge in [-0.05, 0) is 19.1 Å². The minimum absolute atomic E-state index is 0.0911. The first-order valence-electron chi connectivity index (χ1n) is 9.57. The maximum atomic E-state index is 14.0. The van der Waals surface area contributed by atoms with Gasteiger partial charge in [0.2, 0.25) is 0 Å². The zero-order valence-corrected chi connectivity index (χ0v) is 16.8. The standard InChI is InChI=1S/C18H22FN4O.C2HF3O2/c1-13-5-7-23(8-6-13)14(2)18(24,10-22-12-20-11-21-22)16-4-3-15(19)9-17(16)23;3-2(4,5)1(6)7/h3-4,9,11-12,14,24H,1,5-8,10H2,2H3;(H,6,7)/q+1;/p-1/t14-,18-;/m1./s1. The first kappa shape index (κ1) is 22.9. The number of nitrogens with zero attached hydrogens (tertiary/aromatic N) is 4. The number of carboxylic acid groups (broad SMARTS) is 1. The predicted molar refractivity (Wildman–Crippen MR) is 101 cm³/mol. The van der Waals surface area contributed by atoms with Gasteiger partial charge in [-0.25, -0.2) is 14.1 Å². The van der Waals surface area contributed by atoms with Crippen LogP contribution in [0.15, 0.2) is 43.0 Å². The van der Waals surface area contributed by atoms with E-state index in [2.05, 4.69) is 23.6 Å². The van der Waals surface area contributed by atoms with Gasteiger partial charge in [-0.3, -0.25) is 4.48 Å². The molecular formula is C20H22F4N4O3. The lowest BCUT2D eigenvalue weighted by atomic mass is 9.89. The predicted octanol–water partition coefficient (Wildman–Crippen LogP) is 1.66. The van der Waals surface area contributed by atoms with Crippen LogP contribution in [-0.2, 0) is 16.9 Å². The van der Waals surface area contributed by atoms with Gasteiger partial charge in [-0.1, -0.05) is 12.2 Å². The van der Waals surface area contributed by atoms with Gasteiger partial charge in [0.1, 0.15) is 36.2 Å². The van der Waals surface area contributed by atoms with Crippen molar-refractivity contribution in [3.8, 4) is 0 Å². The van der Waals surface area contributed by atoms with Gasteiger partial charge in [0.15, 0.2) is 5.60 Å². The average Bonchev–Trinajstić information content (AvgIpc) is 3.25. The number of alkyl halides is 3. The molecule has 3 heterocycles. The van der Waals surface area contributed by atoms with Crippen molar-refractivity contribution in [2.24, 2.45) is 0 Å². The van der Waals surface area contributed by atoms with E-state index in [0.717, 1.165) is 37.2 Å². The quantitative estimate of drug-likeness (QED) is 0.434. The molecule has 31 heavy (non-hydrogen) atoms. The molecule has 0 saturated carbocycles. The van der Waals surface area contributed by atoms with Gasteiger partial charge in [0.05, 0.1) is 25.2 Å². The van der Waals surface area contributed by atoms with Crippen LogP contribution in [0.25, 0.3) is 0 Å². The van der Waals surface area contributed by atoms with Crippen molar-refractivity contribution in [2.75, 3.05) is 13.1 Å². The zero-order valence-electron chi connectivity index (χ0n) is 16.8. The number of carbonyl (C=O) groups excluding carboxylic acids is 1. The van der Waals surface area contributed by atoms with Crippen molar-refractivity contribution >= 4 is 11.7 Å². The van der Waals surface area contributed by atoms with Crippen molar-refractivity contribution < 1.29 is 32.6 Å². The zero-order chi connectivity index (χ0) is 23.0. The number of benzene rings is 1. The molecule has 7 nitrogen and oxygen atoms in total. The molecule has 11 heteroatoms. The van der Waals surface area contributed by atoms with Crippen LogP contribution in [0.1, 0.15) is 25.3 Å². The van der Waals surface area contributed by atoms with Crippen LogP contribution in [0.2, 0.25) is 0 Å². The molecule has 1 aromatic heterocycles. The second kappa shape index (κ2) is 8.04. The van der Waals surface area contributed by atoms with Gasteiger partial charge >= 0.3 is 6.18 Å². The van der Waals surface area contributed by atoms with Crippen LogP contribution in [-0.4, -0.2) is 51.1 Å². The molecule has 0 bridgehead atoms. The number of quaternary nitrogens is 1. The van der Waals surface area contributed by atoms with E-state index in [-0.39, 0.29) is 11.9 Å². The molecule has 0 aliphatic carbocycles. The Balaban J connectivity index is 0.000000339. The Morgan fingerprint density at radius 2 is 2.00 bits per heavy atom.